The van der Waals surface area contributed by atoms with Crippen LogP contribution in [0, 0.1) is 0 Å². The van der Waals surface area contributed by atoms with Crippen LogP contribution in [0.4, 0.5) is 17.1 Å². The van der Waals surface area contributed by atoms with E-state index in [0.717, 1.165) is 22.7 Å². The number of fused-ring (bicyclic) bond motifs is 7. The van der Waals surface area contributed by atoms with Crippen molar-refractivity contribution in [3.63, 3.8) is 0 Å². The van der Waals surface area contributed by atoms with Gasteiger partial charge in [0.1, 0.15) is 0 Å². The number of aromatic nitrogens is 1. The summed E-state index contributed by atoms with van der Waals surface area (Å²) in [6.07, 6.45) is 0. The molecular formula is C58H38N2S. The Balaban J connectivity index is 0.930. The Labute approximate surface area is 358 Å². The van der Waals surface area contributed by atoms with Crippen LogP contribution >= 0.6 is 11.3 Å². The van der Waals surface area contributed by atoms with Crippen molar-refractivity contribution in [3.8, 4) is 39.1 Å². The van der Waals surface area contributed by atoms with Crippen molar-refractivity contribution in [2.75, 3.05) is 4.90 Å². The fraction of sp³-hybridized carbons (Fsp3) is 0. The molecule has 0 radical (unpaired) electrons. The zero-order valence-corrected chi connectivity index (χ0v) is 34.1. The van der Waals surface area contributed by atoms with Crippen molar-refractivity contribution < 1.29 is 0 Å². The molecule has 2 aromatic heterocycles. The fourth-order valence-electron chi connectivity index (χ4n) is 9.34. The van der Waals surface area contributed by atoms with Crippen molar-refractivity contribution in [1.82, 2.24) is 4.57 Å². The molecule has 0 bridgehead atoms. The van der Waals surface area contributed by atoms with E-state index < -0.39 is 0 Å². The molecule has 0 amide bonds. The van der Waals surface area contributed by atoms with Crippen molar-refractivity contribution in [1.29, 1.82) is 0 Å². The molecule has 0 N–H and O–H groups in total. The summed E-state index contributed by atoms with van der Waals surface area (Å²) in [5.74, 6) is 0. The maximum absolute atomic E-state index is 2.39. The molecule has 3 heteroatoms. The van der Waals surface area contributed by atoms with Gasteiger partial charge in [0.2, 0.25) is 0 Å². The van der Waals surface area contributed by atoms with E-state index in [-0.39, 0.29) is 0 Å². The monoisotopic (exact) mass is 794 g/mol. The van der Waals surface area contributed by atoms with Crippen LogP contribution in [-0.4, -0.2) is 4.57 Å². The number of nitrogens with zero attached hydrogens (tertiary/aromatic N) is 2. The second-order valence-corrected chi connectivity index (χ2v) is 16.8. The van der Waals surface area contributed by atoms with Gasteiger partial charge in [-0.3, -0.25) is 0 Å². The number of hydrogen-bond donors (Lipinski definition) is 0. The molecule has 61 heavy (non-hydrogen) atoms. The Morgan fingerprint density at radius 3 is 1.46 bits per heavy atom. The van der Waals surface area contributed by atoms with E-state index in [9.17, 15) is 0 Å². The Morgan fingerprint density at radius 1 is 0.328 bits per heavy atom. The molecule has 0 saturated heterocycles. The van der Waals surface area contributed by atoms with Gasteiger partial charge >= 0.3 is 0 Å². The van der Waals surface area contributed by atoms with Crippen LogP contribution in [-0.2, 0) is 0 Å². The van der Waals surface area contributed by atoms with Gasteiger partial charge in [0.25, 0.3) is 0 Å². The highest BCUT2D eigenvalue weighted by molar-refractivity contribution is 7.25. The molecule has 0 aliphatic heterocycles. The molecule has 0 saturated carbocycles. The van der Waals surface area contributed by atoms with Crippen LogP contribution in [0.5, 0.6) is 0 Å². The second kappa shape index (κ2) is 14.5. The predicted octanol–water partition coefficient (Wildman–Crippen LogP) is 16.8. The van der Waals surface area contributed by atoms with E-state index in [2.05, 4.69) is 240 Å². The highest BCUT2D eigenvalue weighted by atomic mass is 32.1. The third-order valence-electron chi connectivity index (χ3n) is 12.2. The summed E-state index contributed by atoms with van der Waals surface area (Å²) in [7, 11) is 0. The molecule has 2 nitrogen and oxygen atoms in total. The van der Waals surface area contributed by atoms with Gasteiger partial charge < -0.3 is 9.47 Å². The van der Waals surface area contributed by atoms with E-state index in [1.807, 2.05) is 11.3 Å². The third kappa shape index (κ3) is 6.01. The Kier molecular flexibility index (Phi) is 8.39. The number of hydrogen-bond acceptors (Lipinski definition) is 2. The minimum absolute atomic E-state index is 1.11. The number of thiophene rings is 1. The highest BCUT2D eigenvalue weighted by Crippen LogP contribution is 2.43. The molecule has 286 valence electrons. The quantitative estimate of drug-likeness (QED) is 0.156. The Hall–Kier alpha value is -7.72. The summed E-state index contributed by atoms with van der Waals surface area (Å²) in [6.45, 7) is 0. The summed E-state index contributed by atoms with van der Waals surface area (Å²) < 4.78 is 4.96. The summed E-state index contributed by atoms with van der Waals surface area (Å²) >= 11 is 1.86. The summed E-state index contributed by atoms with van der Waals surface area (Å²) in [4.78, 5) is 2.39. The largest absolute Gasteiger partial charge is 0.310 e. The van der Waals surface area contributed by atoms with Gasteiger partial charge in [0.05, 0.1) is 11.0 Å². The normalized spacial score (nSPS) is 11.6. The summed E-state index contributed by atoms with van der Waals surface area (Å²) in [5.41, 5.74) is 14.2. The van der Waals surface area contributed by atoms with Crippen LogP contribution in [0.25, 0.3) is 91.8 Å². The van der Waals surface area contributed by atoms with Gasteiger partial charge in [-0.2, -0.15) is 0 Å². The standard InChI is InChI=1S/C58H38N2S/c1-2-12-41(13-3-1)48-19-10-14-43-15-11-20-49(58(43)48)42-28-34-45(35-29-42)59(47-36-37-53-52-18-6-9-23-56(52)61-57(53)38-47)44-30-24-39(25-31-44)40-26-32-46(33-27-40)60-54-21-7-4-16-50(54)51-17-5-8-22-55(51)60/h1-38H. The van der Waals surface area contributed by atoms with E-state index in [1.165, 1.54) is 86.1 Å². The van der Waals surface area contributed by atoms with Gasteiger partial charge in [-0.15, -0.1) is 11.3 Å². The third-order valence-corrected chi connectivity index (χ3v) is 13.3. The first-order valence-electron chi connectivity index (χ1n) is 20.8. The smallest absolute Gasteiger partial charge is 0.0541 e. The zero-order chi connectivity index (χ0) is 40.3. The maximum atomic E-state index is 2.39. The van der Waals surface area contributed by atoms with Crippen LogP contribution in [0.2, 0.25) is 0 Å². The summed E-state index contributed by atoms with van der Waals surface area (Å²) in [5, 5.41) is 7.66. The van der Waals surface area contributed by atoms with E-state index in [0.29, 0.717) is 0 Å². The lowest BCUT2D eigenvalue weighted by atomic mass is 9.91. The van der Waals surface area contributed by atoms with Crippen LogP contribution in [0.3, 0.4) is 0 Å². The lowest BCUT2D eigenvalue weighted by Crippen LogP contribution is -2.09. The van der Waals surface area contributed by atoms with E-state index >= 15 is 0 Å². The first-order chi connectivity index (χ1) is 30.2. The van der Waals surface area contributed by atoms with Crippen LogP contribution in [0.1, 0.15) is 0 Å². The topological polar surface area (TPSA) is 8.17 Å². The highest BCUT2D eigenvalue weighted by Gasteiger charge is 2.17. The van der Waals surface area contributed by atoms with Gasteiger partial charge in [-0.05, 0) is 111 Å². The molecule has 0 unspecified atom stereocenters. The summed E-state index contributed by atoms with van der Waals surface area (Å²) in [6, 6.07) is 84.1. The maximum Gasteiger partial charge on any atom is 0.0541 e. The van der Waals surface area contributed by atoms with Crippen molar-refractivity contribution in [2.45, 2.75) is 0 Å². The molecule has 12 rings (SSSR count). The van der Waals surface area contributed by atoms with Crippen molar-refractivity contribution >= 4 is 81.1 Å². The van der Waals surface area contributed by atoms with Crippen LogP contribution in [0.15, 0.2) is 231 Å². The second-order valence-electron chi connectivity index (χ2n) is 15.7. The van der Waals surface area contributed by atoms with Gasteiger partial charge in [0, 0.05) is 53.7 Å². The lowest BCUT2D eigenvalue weighted by molar-refractivity contribution is 1.18. The Morgan fingerprint density at radius 2 is 0.820 bits per heavy atom. The average Bonchev–Trinajstić information content (AvgIpc) is 3.88. The minimum Gasteiger partial charge on any atom is -0.310 e. The molecule has 10 aromatic carbocycles. The van der Waals surface area contributed by atoms with E-state index in [4.69, 9.17) is 0 Å². The molecule has 12 aromatic rings. The molecule has 0 aliphatic carbocycles. The first-order valence-corrected chi connectivity index (χ1v) is 21.6. The Bertz CT molecular complexity index is 3500. The fourth-order valence-corrected chi connectivity index (χ4v) is 10.5. The van der Waals surface area contributed by atoms with Crippen molar-refractivity contribution in [3.05, 3.63) is 231 Å². The molecule has 0 atom stereocenters. The number of benzene rings is 10. The minimum atomic E-state index is 1.11. The molecule has 2 heterocycles. The molecule has 0 fully saturated rings. The van der Waals surface area contributed by atoms with Gasteiger partial charge in [-0.1, -0.05) is 164 Å². The zero-order valence-electron chi connectivity index (χ0n) is 33.2. The van der Waals surface area contributed by atoms with Gasteiger partial charge in [-0.25, -0.2) is 0 Å². The first kappa shape index (κ1) is 35.2. The average molecular weight is 795 g/mol. The number of rotatable bonds is 7. The van der Waals surface area contributed by atoms with Crippen molar-refractivity contribution in [2.24, 2.45) is 0 Å². The number of anilines is 3. The SMILES string of the molecule is c1ccc(-c2cccc3cccc(-c4ccc(N(c5ccc(-c6ccc(-n7c8ccccc8c8ccccc87)cc6)cc5)c5ccc6c(c5)sc5ccccc56)cc4)c23)cc1. The van der Waals surface area contributed by atoms with Crippen LogP contribution < -0.4 is 4.90 Å². The lowest BCUT2D eigenvalue weighted by Gasteiger charge is -2.26. The molecule has 0 spiro atoms. The van der Waals surface area contributed by atoms with Gasteiger partial charge in [0.15, 0.2) is 0 Å². The van der Waals surface area contributed by atoms with E-state index in [1.54, 1.807) is 0 Å². The predicted molar refractivity (Wildman–Crippen MR) is 262 cm³/mol. The number of para-hydroxylation sites is 2. The molecular weight excluding hydrogens is 757 g/mol. The molecule has 0 aliphatic rings.